The third-order valence-electron chi connectivity index (χ3n) is 3.22. The zero-order valence-electron chi connectivity index (χ0n) is 10.4. The molecule has 0 aliphatic carbocycles. The van der Waals surface area contributed by atoms with Gasteiger partial charge in [-0.15, -0.1) is 0 Å². The summed E-state index contributed by atoms with van der Waals surface area (Å²) in [7, 11) is 0. The van der Waals surface area contributed by atoms with Gasteiger partial charge in [-0.05, 0) is 39.7 Å². The second-order valence-corrected chi connectivity index (χ2v) is 5.36. The van der Waals surface area contributed by atoms with Crippen molar-refractivity contribution >= 4 is 26.8 Å². The van der Waals surface area contributed by atoms with Crippen LogP contribution in [0, 0.1) is 5.82 Å². The summed E-state index contributed by atoms with van der Waals surface area (Å²) in [4.78, 5) is 4.24. The fourth-order valence-electron chi connectivity index (χ4n) is 2.16. The predicted molar refractivity (Wildman–Crippen MR) is 79.9 cm³/mol. The Kier molecular flexibility index (Phi) is 3.51. The van der Waals surface area contributed by atoms with Crippen molar-refractivity contribution in [1.29, 1.82) is 0 Å². The van der Waals surface area contributed by atoms with Crippen molar-refractivity contribution in [2.75, 3.05) is 0 Å². The molecule has 3 aromatic rings. The van der Waals surface area contributed by atoms with Gasteiger partial charge < -0.3 is 5.11 Å². The fraction of sp³-hybridized carbons (Fsp3) is 0.0625. The number of aliphatic hydroxyl groups excluding tert-OH is 1. The number of aliphatic hydroxyl groups is 1. The molecule has 4 heteroatoms. The SMILES string of the molecule is OC(c1ccc2cccnc2c1)c1cccc(Br)c1F. The minimum Gasteiger partial charge on any atom is -0.384 e. The minimum absolute atomic E-state index is 0.245. The maximum absolute atomic E-state index is 14.0. The van der Waals surface area contributed by atoms with Crippen molar-refractivity contribution in [3.05, 3.63) is 76.1 Å². The summed E-state index contributed by atoms with van der Waals surface area (Å²) in [6.07, 6.45) is 0.678. The number of hydrogen-bond acceptors (Lipinski definition) is 2. The lowest BCUT2D eigenvalue weighted by Gasteiger charge is -2.13. The molecule has 0 radical (unpaired) electrons. The smallest absolute Gasteiger partial charge is 0.143 e. The number of benzene rings is 2. The lowest BCUT2D eigenvalue weighted by Crippen LogP contribution is -2.03. The van der Waals surface area contributed by atoms with Gasteiger partial charge in [0.15, 0.2) is 0 Å². The van der Waals surface area contributed by atoms with Crippen LogP contribution in [-0.4, -0.2) is 10.1 Å². The number of halogens is 2. The van der Waals surface area contributed by atoms with Crippen molar-refractivity contribution in [3.8, 4) is 0 Å². The molecule has 1 aromatic heterocycles. The van der Waals surface area contributed by atoms with Gasteiger partial charge in [0, 0.05) is 17.1 Å². The maximum atomic E-state index is 14.0. The van der Waals surface area contributed by atoms with Gasteiger partial charge in [-0.1, -0.05) is 30.3 Å². The number of pyridine rings is 1. The van der Waals surface area contributed by atoms with Crippen LogP contribution in [0.5, 0.6) is 0 Å². The third kappa shape index (κ3) is 2.32. The van der Waals surface area contributed by atoms with E-state index in [-0.39, 0.29) is 5.56 Å². The average molecular weight is 332 g/mol. The van der Waals surface area contributed by atoms with Gasteiger partial charge in [0.1, 0.15) is 11.9 Å². The number of rotatable bonds is 2. The topological polar surface area (TPSA) is 33.1 Å². The van der Waals surface area contributed by atoms with E-state index in [1.807, 2.05) is 18.2 Å². The molecule has 1 atom stereocenters. The van der Waals surface area contributed by atoms with Crippen LogP contribution in [0.4, 0.5) is 4.39 Å². The first kappa shape index (κ1) is 13.2. The van der Waals surface area contributed by atoms with Gasteiger partial charge in [0.25, 0.3) is 0 Å². The number of aromatic nitrogens is 1. The Balaban J connectivity index is 2.08. The van der Waals surface area contributed by atoms with E-state index in [9.17, 15) is 9.50 Å². The summed E-state index contributed by atoms with van der Waals surface area (Å²) in [5.41, 5.74) is 1.64. The Morgan fingerprint density at radius 1 is 1.10 bits per heavy atom. The lowest BCUT2D eigenvalue weighted by atomic mass is 10.00. The van der Waals surface area contributed by atoms with Crippen LogP contribution in [0.2, 0.25) is 0 Å². The second kappa shape index (κ2) is 5.31. The van der Waals surface area contributed by atoms with Crippen LogP contribution in [0.3, 0.4) is 0 Å². The average Bonchev–Trinajstić information content (AvgIpc) is 2.49. The second-order valence-electron chi connectivity index (χ2n) is 4.50. The molecule has 1 heterocycles. The Morgan fingerprint density at radius 2 is 1.95 bits per heavy atom. The van der Waals surface area contributed by atoms with Crippen molar-refractivity contribution in [1.82, 2.24) is 4.98 Å². The molecular weight excluding hydrogens is 321 g/mol. The molecular formula is C16H11BrFNO. The zero-order valence-corrected chi connectivity index (χ0v) is 12.0. The van der Waals surface area contributed by atoms with Crippen LogP contribution >= 0.6 is 15.9 Å². The molecule has 100 valence electrons. The van der Waals surface area contributed by atoms with Gasteiger partial charge >= 0.3 is 0 Å². The molecule has 2 nitrogen and oxygen atoms in total. The zero-order chi connectivity index (χ0) is 14.1. The van der Waals surface area contributed by atoms with Gasteiger partial charge in [0.05, 0.1) is 9.99 Å². The quantitative estimate of drug-likeness (QED) is 0.762. The van der Waals surface area contributed by atoms with Crippen LogP contribution in [0.15, 0.2) is 59.2 Å². The first-order chi connectivity index (χ1) is 9.66. The van der Waals surface area contributed by atoms with Crippen molar-refractivity contribution in [3.63, 3.8) is 0 Å². The summed E-state index contributed by atoms with van der Waals surface area (Å²) in [5, 5.41) is 11.4. The normalized spacial score (nSPS) is 12.6. The highest BCUT2D eigenvalue weighted by Crippen LogP contribution is 2.29. The molecule has 0 amide bonds. The molecule has 0 saturated heterocycles. The van der Waals surface area contributed by atoms with E-state index in [4.69, 9.17) is 0 Å². The molecule has 0 aliphatic heterocycles. The summed E-state index contributed by atoms with van der Waals surface area (Å²) >= 11 is 3.13. The molecule has 0 fully saturated rings. The Labute approximate surface area is 124 Å². The molecule has 0 spiro atoms. The first-order valence-electron chi connectivity index (χ1n) is 6.13. The van der Waals surface area contributed by atoms with Gasteiger partial charge in [-0.3, -0.25) is 4.98 Å². The highest BCUT2D eigenvalue weighted by atomic mass is 79.9. The largest absolute Gasteiger partial charge is 0.384 e. The van der Waals surface area contributed by atoms with Crippen molar-refractivity contribution in [2.45, 2.75) is 6.10 Å². The van der Waals surface area contributed by atoms with E-state index in [0.29, 0.717) is 10.0 Å². The van der Waals surface area contributed by atoms with Crippen LogP contribution < -0.4 is 0 Å². The van der Waals surface area contributed by atoms with E-state index in [1.165, 1.54) is 0 Å². The summed E-state index contributed by atoms with van der Waals surface area (Å²) in [6.45, 7) is 0. The molecule has 3 rings (SSSR count). The number of nitrogens with zero attached hydrogens (tertiary/aromatic N) is 1. The molecule has 0 aliphatic rings. The standard InChI is InChI=1S/C16H11BrFNO/c17-13-5-1-4-12(15(13)18)16(20)11-7-6-10-3-2-8-19-14(10)9-11/h1-9,16,20H. The van der Waals surface area contributed by atoms with Crippen LogP contribution in [0.1, 0.15) is 17.2 Å². The molecule has 2 aromatic carbocycles. The van der Waals surface area contributed by atoms with Crippen LogP contribution in [-0.2, 0) is 0 Å². The lowest BCUT2D eigenvalue weighted by molar-refractivity contribution is 0.215. The third-order valence-corrected chi connectivity index (χ3v) is 3.83. The first-order valence-corrected chi connectivity index (χ1v) is 6.93. The Hall–Kier alpha value is -1.78. The maximum Gasteiger partial charge on any atom is 0.143 e. The molecule has 1 N–H and O–H groups in total. The van der Waals surface area contributed by atoms with Gasteiger partial charge in [-0.2, -0.15) is 0 Å². The van der Waals surface area contributed by atoms with Crippen molar-refractivity contribution < 1.29 is 9.50 Å². The van der Waals surface area contributed by atoms with E-state index in [2.05, 4.69) is 20.9 Å². The summed E-state index contributed by atoms with van der Waals surface area (Å²) in [5.74, 6) is -0.443. The van der Waals surface area contributed by atoms with E-state index < -0.39 is 11.9 Å². The van der Waals surface area contributed by atoms with Crippen LogP contribution in [0.25, 0.3) is 10.9 Å². The Morgan fingerprint density at radius 3 is 2.80 bits per heavy atom. The van der Waals surface area contributed by atoms with E-state index in [1.54, 1.807) is 36.5 Å². The predicted octanol–water partition coefficient (Wildman–Crippen LogP) is 4.22. The highest BCUT2D eigenvalue weighted by molar-refractivity contribution is 9.10. The summed E-state index contributed by atoms with van der Waals surface area (Å²) < 4.78 is 14.4. The molecule has 20 heavy (non-hydrogen) atoms. The van der Waals surface area contributed by atoms with E-state index in [0.717, 1.165) is 10.9 Å². The van der Waals surface area contributed by atoms with Gasteiger partial charge in [0.2, 0.25) is 0 Å². The molecule has 0 saturated carbocycles. The minimum atomic E-state index is -1.01. The van der Waals surface area contributed by atoms with Gasteiger partial charge in [-0.25, -0.2) is 4.39 Å². The van der Waals surface area contributed by atoms with E-state index >= 15 is 0 Å². The fourth-order valence-corrected chi connectivity index (χ4v) is 2.55. The highest BCUT2D eigenvalue weighted by Gasteiger charge is 2.17. The Bertz CT molecular complexity index is 775. The van der Waals surface area contributed by atoms with Crippen molar-refractivity contribution in [2.24, 2.45) is 0 Å². The molecule has 1 unspecified atom stereocenters. The number of hydrogen-bond donors (Lipinski definition) is 1. The monoisotopic (exact) mass is 331 g/mol. The molecule has 0 bridgehead atoms. The summed E-state index contributed by atoms with van der Waals surface area (Å²) in [6, 6.07) is 14.1. The number of fused-ring (bicyclic) bond motifs is 1.